The van der Waals surface area contributed by atoms with Gasteiger partial charge in [0.25, 0.3) is 0 Å². The number of nitrogens with zero attached hydrogens (tertiary/aromatic N) is 1. The van der Waals surface area contributed by atoms with Gasteiger partial charge in [-0.25, -0.2) is 0 Å². The minimum atomic E-state index is -0.0459. The van der Waals surface area contributed by atoms with E-state index in [0.717, 1.165) is 30.5 Å². The second-order valence-electron chi connectivity index (χ2n) is 6.60. The van der Waals surface area contributed by atoms with Crippen molar-refractivity contribution in [2.24, 2.45) is 0 Å². The smallest absolute Gasteiger partial charge is 0.239 e. The maximum atomic E-state index is 12.4. The zero-order valence-electron chi connectivity index (χ0n) is 15.8. The first-order chi connectivity index (χ1) is 12.7. The number of methoxy groups -OCH3 is 1. The topological polar surface area (TPSA) is 50.8 Å². The first-order valence-corrected chi connectivity index (χ1v) is 8.99. The molecular formula is C21H27ClN2O3. The van der Waals surface area contributed by atoms with E-state index in [4.69, 9.17) is 9.47 Å². The highest BCUT2D eigenvalue weighted by Crippen LogP contribution is 2.29. The molecule has 1 fully saturated rings. The molecular weight excluding hydrogens is 364 g/mol. The largest absolute Gasteiger partial charge is 0.493 e. The summed E-state index contributed by atoms with van der Waals surface area (Å²) in [5.74, 6) is 1.52. The van der Waals surface area contributed by atoms with E-state index in [1.165, 1.54) is 0 Å². The molecule has 0 bridgehead atoms. The van der Waals surface area contributed by atoms with E-state index in [0.29, 0.717) is 24.7 Å². The van der Waals surface area contributed by atoms with Crippen molar-refractivity contribution in [2.45, 2.75) is 32.0 Å². The second-order valence-corrected chi connectivity index (χ2v) is 6.60. The molecule has 3 rings (SSSR count). The lowest BCUT2D eigenvalue weighted by atomic mass is 10.1. The number of carbonyl (C=O) groups is 1. The molecule has 1 amide bonds. The fourth-order valence-corrected chi connectivity index (χ4v) is 3.18. The molecule has 6 heteroatoms. The molecule has 1 unspecified atom stereocenters. The third-order valence-corrected chi connectivity index (χ3v) is 4.62. The fourth-order valence-electron chi connectivity index (χ4n) is 3.18. The van der Waals surface area contributed by atoms with Crippen molar-refractivity contribution in [3.05, 3.63) is 59.7 Å². The van der Waals surface area contributed by atoms with Gasteiger partial charge in [0.15, 0.2) is 11.5 Å². The highest BCUT2D eigenvalue weighted by atomic mass is 35.5. The number of halogens is 1. The Morgan fingerprint density at radius 3 is 2.59 bits per heavy atom. The molecule has 0 aliphatic carbocycles. The van der Waals surface area contributed by atoms with E-state index in [-0.39, 0.29) is 24.4 Å². The molecule has 1 saturated heterocycles. The van der Waals surface area contributed by atoms with Crippen LogP contribution >= 0.6 is 12.4 Å². The molecule has 0 radical (unpaired) electrons. The van der Waals surface area contributed by atoms with Crippen molar-refractivity contribution in [1.29, 1.82) is 0 Å². The molecule has 27 heavy (non-hydrogen) atoms. The molecule has 146 valence electrons. The summed E-state index contributed by atoms with van der Waals surface area (Å²) in [5.41, 5.74) is 2.12. The summed E-state index contributed by atoms with van der Waals surface area (Å²) < 4.78 is 11.4. The van der Waals surface area contributed by atoms with Crippen LogP contribution in [0.1, 0.15) is 24.0 Å². The number of hydrogen-bond acceptors (Lipinski definition) is 4. The van der Waals surface area contributed by atoms with Crippen molar-refractivity contribution in [3.8, 4) is 11.5 Å². The van der Waals surface area contributed by atoms with E-state index in [1.54, 1.807) is 12.0 Å². The first kappa shape index (κ1) is 21.1. The fraction of sp³-hybridized carbons (Fsp3) is 0.381. The normalized spacial score (nSPS) is 15.7. The molecule has 1 aliphatic rings. The van der Waals surface area contributed by atoms with Gasteiger partial charge >= 0.3 is 0 Å². The molecule has 0 aromatic heterocycles. The molecule has 2 aromatic rings. The third-order valence-electron chi connectivity index (χ3n) is 4.62. The van der Waals surface area contributed by atoms with Crippen LogP contribution in [0.25, 0.3) is 0 Å². The van der Waals surface area contributed by atoms with E-state index in [9.17, 15) is 4.79 Å². The Labute approximate surface area is 167 Å². The minimum Gasteiger partial charge on any atom is -0.493 e. The molecule has 1 aliphatic heterocycles. The lowest BCUT2D eigenvalue weighted by molar-refractivity contribution is -0.132. The van der Waals surface area contributed by atoms with Crippen molar-refractivity contribution < 1.29 is 14.3 Å². The Hall–Kier alpha value is -2.24. The number of nitrogens with one attached hydrogen (secondary N) is 1. The van der Waals surface area contributed by atoms with Gasteiger partial charge < -0.3 is 19.7 Å². The predicted molar refractivity (Wildman–Crippen MR) is 109 cm³/mol. The third kappa shape index (κ3) is 5.62. The molecule has 0 spiro atoms. The number of benzene rings is 2. The standard InChI is InChI=1S/C21H26N2O3.ClH/c1-23(21(24)18-9-6-12-22-18)14-17-10-11-19(20(13-17)25-2)26-15-16-7-4-3-5-8-16;/h3-5,7-8,10-11,13,18,22H,6,9,12,14-15H2,1-2H3;1H. The van der Waals surface area contributed by atoms with Crippen LogP contribution in [-0.2, 0) is 17.9 Å². The lowest BCUT2D eigenvalue weighted by Gasteiger charge is -2.22. The number of carbonyl (C=O) groups excluding carboxylic acids is 1. The van der Waals surface area contributed by atoms with Crippen LogP contribution in [0.2, 0.25) is 0 Å². The molecule has 1 N–H and O–H groups in total. The van der Waals surface area contributed by atoms with Crippen LogP contribution in [0.4, 0.5) is 0 Å². The van der Waals surface area contributed by atoms with Gasteiger partial charge in [0.05, 0.1) is 13.2 Å². The number of amides is 1. The summed E-state index contributed by atoms with van der Waals surface area (Å²) in [6.45, 7) is 1.96. The first-order valence-electron chi connectivity index (χ1n) is 8.99. The highest BCUT2D eigenvalue weighted by molar-refractivity contribution is 5.85. The Bertz CT molecular complexity index is 733. The Morgan fingerprint density at radius 2 is 1.93 bits per heavy atom. The Balaban J connectivity index is 0.00000261. The predicted octanol–water partition coefficient (Wildman–Crippen LogP) is 3.41. The number of rotatable bonds is 7. The van der Waals surface area contributed by atoms with Gasteiger partial charge in [-0.15, -0.1) is 12.4 Å². The van der Waals surface area contributed by atoms with E-state index in [1.807, 2.05) is 55.6 Å². The quantitative estimate of drug-likeness (QED) is 0.787. The number of ether oxygens (including phenoxy) is 2. The van der Waals surface area contributed by atoms with E-state index in [2.05, 4.69) is 5.32 Å². The van der Waals surface area contributed by atoms with Gasteiger partial charge in [0, 0.05) is 13.6 Å². The summed E-state index contributed by atoms with van der Waals surface area (Å²) in [7, 11) is 3.47. The summed E-state index contributed by atoms with van der Waals surface area (Å²) in [5, 5.41) is 3.25. The van der Waals surface area contributed by atoms with Crippen LogP contribution in [0.3, 0.4) is 0 Å². The van der Waals surface area contributed by atoms with Gasteiger partial charge in [-0.2, -0.15) is 0 Å². The lowest BCUT2D eigenvalue weighted by Crippen LogP contribution is -2.41. The summed E-state index contributed by atoms with van der Waals surface area (Å²) in [4.78, 5) is 14.2. The molecule has 1 heterocycles. The van der Waals surface area contributed by atoms with E-state index >= 15 is 0 Å². The Kier molecular flexibility index (Phi) is 7.95. The maximum absolute atomic E-state index is 12.4. The van der Waals surface area contributed by atoms with Crippen molar-refractivity contribution in [2.75, 3.05) is 20.7 Å². The van der Waals surface area contributed by atoms with Crippen LogP contribution in [0.5, 0.6) is 11.5 Å². The van der Waals surface area contributed by atoms with Crippen molar-refractivity contribution >= 4 is 18.3 Å². The monoisotopic (exact) mass is 390 g/mol. The van der Waals surface area contributed by atoms with Crippen molar-refractivity contribution in [3.63, 3.8) is 0 Å². The molecule has 0 saturated carbocycles. The summed E-state index contributed by atoms with van der Waals surface area (Å²) >= 11 is 0. The van der Waals surface area contributed by atoms with Gasteiger partial charge in [-0.1, -0.05) is 36.4 Å². The SMILES string of the molecule is COc1cc(CN(C)C(=O)C2CCCN2)ccc1OCc1ccccc1.Cl. The minimum absolute atomic E-state index is 0. The average Bonchev–Trinajstić information content (AvgIpc) is 3.21. The van der Waals surface area contributed by atoms with E-state index < -0.39 is 0 Å². The van der Waals surface area contributed by atoms with Crippen LogP contribution in [-0.4, -0.2) is 37.6 Å². The molecule has 2 aromatic carbocycles. The number of likely N-dealkylation sites (N-methyl/N-ethyl adjacent to an activating group) is 1. The van der Waals surface area contributed by atoms with Gasteiger partial charge in [0.1, 0.15) is 6.61 Å². The highest BCUT2D eigenvalue weighted by Gasteiger charge is 2.25. The average molecular weight is 391 g/mol. The number of hydrogen-bond donors (Lipinski definition) is 1. The molecule has 5 nitrogen and oxygen atoms in total. The molecule has 1 atom stereocenters. The summed E-state index contributed by atoms with van der Waals surface area (Å²) in [6.07, 6.45) is 1.98. The van der Waals surface area contributed by atoms with Crippen LogP contribution in [0, 0.1) is 0 Å². The Morgan fingerprint density at radius 1 is 1.15 bits per heavy atom. The van der Waals surface area contributed by atoms with Crippen LogP contribution in [0.15, 0.2) is 48.5 Å². The zero-order chi connectivity index (χ0) is 18.4. The van der Waals surface area contributed by atoms with Crippen LogP contribution < -0.4 is 14.8 Å². The second kappa shape index (κ2) is 10.2. The van der Waals surface area contributed by atoms with Crippen molar-refractivity contribution in [1.82, 2.24) is 10.2 Å². The summed E-state index contributed by atoms with van der Waals surface area (Å²) in [6, 6.07) is 15.8. The van der Waals surface area contributed by atoms with Gasteiger partial charge in [0.2, 0.25) is 5.91 Å². The van der Waals surface area contributed by atoms with Gasteiger partial charge in [-0.05, 0) is 42.6 Å². The van der Waals surface area contributed by atoms with Gasteiger partial charge in [-0.3, -0.25) is 4.79 Å². The zero-order valence-corrected chi connectivity index (χ0v) is 16.6. The maximum Gasteiger partial charge on any atom is 0.239 e.